The molecule has 3 rings (SSSR count). The van der Waals surface area contributed by atoms with Crippen LogP contribution in [0.2, 0.25) is 0 Å². The zero-order valence-corrected chi connectivity index (χ0v) is 14.1. The number of ether oxygens (including phenoxy) is 1. The Balaban J connectivity index is 1.88. The topological polar surface area (TPSA) is 156 Å². The van der Waals surface area contributed by atoms with E-state index in [1.54, 1.807) is 4.57 Å². The lowest BCUT2D eigenvalue weighted by molar-refractivity contribution is 0.121. The molecule has 1 aliphatic rings. The molecule has 0 unspecified atom stereocenters. The van der Waals surface area contributed by atoms with Crippen molar-refractivity contribution in [2.75, 3.05) is 5.73 Å². The number of anilines is 1. The Morgan fingerprint density at radius 3 is 2.95 bits per heavy atom. The Hall–Kier alpha value is -1.01. The van der Waals surface area contributed by atoms with Crippen LogP contribution in [-0.4, -0.2) is 39.3 Å². The standard InChI is InChI=1S/C10H13IN5O5P/c11-7-4(1-5(21-7)22(18,19)20)2-16-3-13-6-8(16)14-10(12)15-9(6)17/h3-5,7H,1-2H2,(H2,18,19,20)(H3,12,14,15,17)/t4-,5-,7+/m1/s1. The Morgan fingerprint density at radius 1 is 1.59 bits per heavy atom. The summed E-state index contributed by atoms with van der Waals surface area (Å²) in [6.45, 7) is 0.372. The van der Waals surface area contributed by atoms with Gasteiger partial charge in [-0.1, -0.05) is 22.6 Å². The van der Waals surface area contributed by atoms with Crippen molar-refractivity contribution < 1.29 is 19.1 Å². The van der Waals surface area contributed by atoms with Crippen molar-refractivity contribution in [1.29, 1.82) is 0 Å². The minimum atomic E-state index is -4.28. The minimum absolute atomic E-state index is 0.0129. The van der Waals surface area contributed by atoms with E-state index in [2.05, 4.69) is 15.0 Å². The van der Waals surface area contributed by atoms with Crippen molar-refractivity contribution in [3.05, 3.63) is 16.7 Å². The number of nitrogens with two attached hydrogens (primary N) is 1. The maximum atomic E-state index is 11.7. The average Bonchev–Trinajstić information content (AvgIpc) is 2.95. The van der Waals surface area contributed by atoms with Crippen molar-refractivity contribution in [3.63, 3.8) is 0 Å². The third-order valence-corrected chi connectivity index (χ3v) is 5.86. The molecule has 0 bridgehead atoms. The number of hydrogen-bond acceptors (Lipinski definition) is 6. The summed E-state index contributed by atoms with van der Waals surface area (Å²) in [4.78, 5) is 40.6. The Morgan fingerprint density at radius 2 is 2.32 bits per heavy atom. The molecule has 0 amide bonds. The smallest absolute Gasteiger partial charge is 0.354 e. The van der Waals surface area contributed by atoms with Gasteiger partial charge in [-0.3, -0.25) is 14.3 Å². The maximum Gasteiger partial charge on any atom is 0.354 e. The number of imidazole rings is 1. The Bertz CT molecular complexity index is 816. The summed E-state index contributed by atoms with van der Waals surface area (Å²) < 4.78 is 17.9. The molecule has 10 nitrogen and oxygen atoms in total. The highest BCUT2D eigenvalue weighted by Gasteiger charge is 2.42. The van der Waals surface area contributed by atoms with Gasteiger partial charge in [0.05, 0.1) is 6.33 Å². The molecule has 0 aliphatic carbocycles. The first kappa shape index (κ1) is 15.9. The van der Waals surface area contributed by atoms with Crippen LogP contribution in [0.4, 0.5) is 5.95 Å². The summed E-state index contributed by atoms with van der Waals surface area (Å²) in [7, 11) is -4.28. The zero-order valence-electron chi connectivity index (χ0n) is 11.1. The summed E-state index contributed by atoms with van der Waals surface area (Å²) in [6, 6.07) is 0. The first-order chi connectivity index (χ1) is 10.3. The van der Waals surface area contributed by atoms with E-state index in [0.29, 0.717) is 12.2 Å². The molecule has 1 saturated heterocycles. The van der Waals surface area contributed by atoms with Crippen LogP contribution in [0.1, 0.15) is 6.42 Å². The second kappa shape index (κ2) is 5.57. The third kappa shape index (κ3) is 2.91. The molecule has 3 heterocycles. The minimum Gasteiger partial charge on any atom is -0.369 e. The number of hydrogen-bond donors (Lipinski definition) is 4. The van der Waals surface area contributed by atoms with Gasteiger partial charge in [-0.15, -0.1) is 0 Å². The van der Waals surface area contributed by atoms with Crippen LogP contribution in [0.25, 0.3) is 11.2 Å². The fourth-order valence-corrected chi connectivity index (χ4v) is 4.36. The van der Waals surface area contributed by atoms with Gasteiger partial charge >= 0.3 is 7.60 Å². The van der Waals surface area contributed by atoms with Crippen LogP contribution in [0.5, 0.6) is 0 Å². The predicted molar refractivity (Wildman–Crippen MR) is 85.4 cm³/mol. The highest BCUT2D eigenvalue weighted by Crippen LogP contribution is 2.51. The molecule has 22 heavy (non-hydrogen) atoms. The Kier molecular flexibility index (Phi) is 4.01. The number of aromatic nitrogens is 4. The van der Waals surface area contributed by atoms with Crippen molar-refractivity contribution in [1.82, 2.24) is 19.5 Å². The van der Waals surface area contributed by atoms with E-state index < -0.39 is 19.0 Å². The van der Waals surface area contributed by atoms with Crippen molar-refractivity contribution >= 4 is 47.3 Å². The van der Waals surface area contributed by atoms with E-state index in [9.17, 15) is 19.1 Å². The third-order valence-electron chi connectivity index (χ3n) is 3.46. The molecular weight excluding hydrogens is 428 g/mol. The van der Waals surface area contributed by atoms with Gasteiger partial charge in [0, 0.05) is 12.5 Å². The van der Waals surface area contributed by atoms with Gasteiger partial charge in [0.1, 0.15) is 4.11 Å². The second-order valence-corrected chi connectivity index (χ2v) is 8.03. The van der Waals surface area contributed by atoms with Crippen molar-refractivity contribution in [3.8, 4) is 0 Å². The number of nitrogen functional groups attached to an aromatic ring is 1. The molecule has 5 N–H and O–H groups in total. The van der Waals surface area contributed by atoms with E-state index in [1.165, 1.54) is 6.33 Å². The van der Waals surface area contributed by atoms with E-state index in [1.807, 2.05) is 22.6 Å². The van der Waals surface area contributed by atoms with Gasteiger partial charge in [0.15, 0.2) is 17.0 Å². The number of H-pyrrole nitrogens is 1. The quantitative estimate of drug-likeness (QED) is 0.295. The molecule has 12 heteroatoms. The van der Waals surface area contributed by atoms with Crippen LogP contribution in [-0.2, 0) is 15.8 Å². The number of nitrogens with one attached hydrogen (secondary N) is 1. The summed E-state index contributed by atoms with van der Waals surface area (Å²) in [5.74, 6) is -1.26. The number of nitrogens with zero attached hydrogens (tertiary/aromatic N) is 3. The molecule has 2 aromatic heterocycles. The molecule has 120 valence electrons. The summed E-state index contributed by atoms with van der Waals surface area (Å²) >= 11 is 2.00. The van der Waals surface area contributed by atoms with Gasteiger partial charge in [-0.25, -0.2) is 4.98 Å². The van der Waals surface area contributed by atoms with Gasteiger partial charge in [0.2, 0.25) is 5.95 Å². The van der Waals surface area contributed by atoms with Crippen LogP contribution in [0, 0.1) is 5.92 Å². The SMILES string of the molecule is Nc1nc2c(ncn2C[C@H]2C[C@@H](P(=O)(O)O)O[C@@H]2I)c(=O)[nH]1. The molecule has 3 atom stereocenters. The highest BCUT2D eigenvalue weighted by atomic mass is 127. The van der Waals surface area contributed by atoms with E-state index in [0.717, 1.165) is 0 Å². The second-order valence-electron chi connectivity index (χ2n) is 5.05. The predicted octanol–water partition coefficient (Wildman–Crippen LogP) is 0.00320. The fraction of sp³-hybridized carbons (Fsp3) is 0.500. The maximum absolute atomic E-state index is 11.7. The Labute approximate surface area is 137 Å². The van der Waals surface area contributed by atoms with E-state index >= 15 is 0 Å². The lowest BCUT2D eigenvalue weighted by Crippen LogP contribution is -2.17. The van der Waals surface area contributed by atoms with Crippen LogP contribution >= 0.6 is 30.2 Å². The number of rotatable bonds is 3. The fourth-order valence-electron chi connectivity index (χ4n) is 2.41. The van der Waals surface area contributed by atoms with E-state index in [-0.39, 0.29) is 27.9 Å². The number of fused-ring (bicyclic) bond motifs is 1. The first-order valence-electron chi connectivity index (χ1n) is 6.31. The molecule has 0 aromatic carbocycles. The molecule has 1 fully saturated rings. The molecule has 0 spiro atoms. The normalized spacial score (nSPS) is 25.9. The zero-order chi connectivity index (χ0) is 16.1. The molecular formula is C10H13IN5O5P. The summed E-state index contributed by atoms with van der Waals surface area (Å²) in [5.41, 5.74) is 5.61. The van der Waals surface area contributed by atoms with Gasteiger partial charge < -0.3 is 24.8 Å². The number of aromatic amines is 1. The largest absolute Gasteiger partial charge is 0.369 e. The van der Waals surface area contributed by atoms with Gasteiger partial charge in [-0.05, 0) is 6.42 Å². The average molecular weight is 441 g/mol. The number of alkyl halides is 1. The first-order valence-corrected chi connectivity index (χ1v) is 9.24. The molecule has 0 saturated carbocycles. The molecule has 1 aliphatic heterocycles. The van der Waals surface area contributed by atoms with Crippen LogP contribution in [0.3, 0.4) is 0 Å². The monoisotopic (exact) mass is 441 g/mol. The lowest BCUT2D eigenvalue weighted by Gasteiger charge is -2.13. The summed E-state index contributed by atoms with van der Waals surface area (Å²) in [5, 5.41) is 0. The molecule has 0 radical (unpaired) electrons. The molecule has 2 aromatic rings. The van der Waals surface area contributed by atoms with E-state index in [4.69, 9.17) is 10.5 Å². The van der Waals surface area contributed by atoms with Crippen molar-refractivity contribution in [2.24, 2.45) is 5.92 Å². The van der Waals surface area contributed by atoms with Gasteiger partial charge in [0.25, 0.3) is 5.56 Å². The lowest BCUT2D eigenvalue weighted by atomic mass is 10.1. The van der Waals surface area contributed by atoms with Crippen LogP contribution < -0.4 is 11.3 Å². The highest BCUT2D eigenvalue weighted by molar-refractivity contribution is 14.1. The number of halogens is 1. The van der Waals surface area contributed by atoms with Gasteiger partial charge in [-0.2, -0.15) is 4.98 Å². The summed E-state index contributed by atoms with van der Waals surface area (Å²) in [6.07, 6.45) is 1.68. The van der Waals surface area contributed by atoms with Crippen molar-refractivity contribution in [2.45, 2.75) is 22.9 Å². The van der Waals surface area contributed by atoms with Crippen LogP contribution in [0.15, 0.2) is 11.1 Å².